The number of anilines is 1. The Morgan fingerprint density at radius 2 is 1.70 bits per heavy atom. The Balaban J connectivity index is 1.86. The fraction of sp³-hybridized carbons (Fsp3) is 0.364. The van der Waals surface area contributed by atoms with Gasteiger partial charge in [-0.15, -0.1) is 0 Å². The molecular weight excluding hydrogens is 634 g/mol. The van der Waals surface area contributed by atoms with E-state index in [0.29, 0.717) is 17.0 Å². The number of ketones is 1. The predicted octanol–water partition coefficient (Wildman–Crippen LogP) is 3.94. The summed E-state index contributed by atoms with van der Waals surface area (Å²) in [6, 6.07) is 18.7. The number of Topliss-reactive ketones (excluding diaryl/α,β-unsaturated/α-hetero) is 1. The summed E-state index contributed by atoms with van der Waals surface area (Å²) in [5.74, 6) is -0.495. The number of aliphatic hydroxyl groups is 1. The number of nitrogens with zero attached hydrogens (tertiary/aromatic N) is 1. The molecule has 3 atom stereocenters. The lowest BCUT2D eigenvalue weighted by atomic mass is 10.0. The SMILES string of the molecule is COc1ccc(S(=O)(=O)N(CC(C)C)C[C@@H](O)[C@H](Cc2ccccc2)NC(=O)[C@H](CNc2cc(C(C)=O)ccc2Cl)OC=O)cc1. The number of ether oxygens (including phenoxy) is 2. The normalized spacial score (nSPS) is 13.5. The average molecular weight is 674 g/mol. The van der Waals surface area contributed by atoms with E-state index in [1.54, 1.807) is 30.3 Å². The lowest BCUT2D eigenvalue weighted by Crippen LogP contribution is -2.54. The number of methoxy groups -OCH3 is 1. The zero-order valence-corrected chi connectivity index (χ0v) is 27.8. The number of hydrogen-bond donors (Lipinski definition) is 3. The molecule has 248 valence electrons. The van der Waals surface area contributed by atoms with Crippen molar-refractivity contribution in [2.75, 3.05) is 32.1 Å². The number of aliphatic hydroxyl groups excluding tert-OH is 1. The van der Waals surface area contributed by atoms with Crippen molar-refractivity contribution in [1.29, 1.82) is 0 Å². The minimum absolute atomic E-state index is 0.0304. The average Bonchev–Trinajstić information content (AvgIpc) is 3.03. The molecule has 0 aliphatic carbocycles. The standard InChI is InChI=1S/C33H40ClN3O8S/c1-22(2)19-37(46(42,43)27-13-11-26(44-4)12-14-27)20-31(40)30(16-24-8-6-5-7-9-24)36-33(41)32(45-21-38)18-35-29-17-25(23(3)39)10-15-28(29)34/h5-15,17,21-22,30-32,35,40H,16,18-20H2,1-4H3,(H,36,41)/t30-,31+,32-/m0/s1. The molecule has 3 aromatic carbocycles. The van der Waals surface area contributed by atoms with Gasteiger partial charge < -0.3 is 25.2 Å². The van der Waals surface area contributed by atoms with Gasteiger partial charge in [-0.1, -0.05) is 55.8 Å². The second kappa shape index (κ2) is 17.1. The van der Waals surface area contributed by atoms with Crippen LogP contribution in [0.3, 0.4) is 0 Å². The van der Waals surface area contributed by atoms with Gasteiger partial charge in [0.2, 0.25) is 10.0 Å². The van der Waals surface area contributed by atoms with Crippen LogP contribution in [0.2, 0.25) is 5.02 Å². The number of carbonyl (C=O) groups is 3. The quantitative estimate of drug-likeness (QED) is 0.135. The Morgan fingerprint density at radius 1 is 1.02 bits per heavy atom. The predicted molar refractivity (Wildman–Crippen MR) is 176 cm³/mol. The molecule has 0 saturated carbocycles. The van der Waals surface area contributed by atoms with Gasteiger partial charge >= 0.3 is 0 Å². The van der Waals surface area contributed by atoms with Gasteiger partial charge in [-0.2, -0.15) is 4.31 Å². The summed E-state index contributed by atoms with van der Waals surface area (Å²) in [4.78, 5) is 36.7. The fourth-order valence-electron chi connectivity index (χ4n) is 4.69. The van der Waals surface area contributed by atoms with Crippen LogP contribution in [-0.4, -0.2) is 81.0 Å². The summed E-state index contributed by atoms with van der Waals surface area (Å²) in [7, 11) is -2.56. The van der Waals surface area contributed by atoms with Gasteiger partial charge in [-0.05, 0) is 67.3 Å². The van der Waals surface area contributed by atoms with E-state index in [1.165, 1.54) is 42.6 Å². The summed E-state index contributed by atoms with van der Waals surface area (Å²) in [5.41, 5.74) is 1.53. The van der Waals surface area contributed by atoms with E-state index in [1.807, 2.05) is 32.0 Å². The zero-order chi connectivity index (χ0) is 33.9. The van der Waals surface area contributed by atoms with Crippen molar-refractivity contribution in [2.45, 2.75) is 50.3 Å². The lowest BCUT2D eigenvalue weighted by Gasteiger charge is -2.31. The molecule has 46 heavy (non-hydrogen) atoms. The van der Waals surface area contributed by atoms with Crippen LogP contribution in [-0.2, 0) is 30.8 Å². The summed E-state index contributed by atoms with van der Waals surface area (Å²) in [6.07, 6.45) is -2.56. The topological polar surface area (TPSA) is 151 Å². The highest BCUT2D eigenvalue weighted by atomic mass is 35.5. The molecule has 0 heterocycles. The molecule has 3 rings (SSSR count). The Morgan fingerprint density at radius 3 is 2.28 bits per heavy atom. The first kappa shape index (κ1) is 36.5. The lowest BCUT2D eigenvalue weighted by molar-refractivity contribution is -0.144. The number of halogens is 1. The number of amides is 1. The summed E-state index contributed by atoms with van der Waals surface area (Å²) < 4.78 is 38.8. The van der Waals surface area contributed by atoms with Crippen molar-refractivity contribution >= 4 is 45.5 Å². The maximum atomic E-state index is 13.7. The van der Waals surface area contributed by atoms with E-state index in [0.717, 1.165) is 5.56 Å². The Hall–Kier alpha value is -3.97. The molecule has 0 saturated heterocycles. The van der Waals surface area contributed by atoms with Crippen LogP contribution in [0.5, 0.6) is 5.75 Å². The van der Waals surface area contributed by atoms with Gasteiger partial charge in [-0.3, -0.25) is 14.4 Å². The van der Waals surface area contributed by atoms with Crippen molar-refractivity contribution < 1.29 is 37.4 Å². The van der Waals surface area contributed by atoms with E-state index in [9.17, 15) is 27.9 Å². The molecule has 1 amide bonds. The molecule has 3 N–H and O–H groups in total. The minimum atomic E-state index is -4.04. The molecule has 0 aliphatic rings. The smallest absolute Gasteiger partial charge is 0.293 e. The maximum Gasteiger partial charge on any atom is 0.293 e. The summed E-state index contributed by atoms with van der Waals surface area (Å²) in [5, 5.41) is 17.5. The van der Waals surface area contributed by atoms with E-state index in [-0.39, 0.29) is 54.1 Å². The molecule has 11 nitrogen and oxygen atoms in total. The summed E-state index contributed by atoms with van der Waals surface area (Å²) >= 11 is 6.26. The molecule has 0 spiro atoms. The van der Waals surface area contributed by atoms with E-state index < -0.39 is 34.2 Å². The van der Waals surface area contributed by atoms with Crippen LogP contribution in [0.15, 0.2) is 77.7 Å². The maximum absolute atomic E-state index is 13.7. The Kier molecular flexibility index (Phi) is 13.6. The van der Waals surface area contributed by atoms with Gasteiger partial charge in [0.1, 0.15) is 5.75 Å². The van der Waals surface area contributed by atoms with Crippen LogP contribution in [0.25, 0.3) is 0 Å². The van der Waals surface area contributed by atoms with Gasteiger partial charge in [0, 0.05) is 18.7 Å². The van der Waals surface area contributed by atoms with Gasteiger partial charge in [-0.25, -0.2) is 8.42 Å². The van der Waals surface area contributed by atoms with Gasteiger partial charge in [0.15, 0.2) is 11.9 Å². The number of rotatable bonds is 18. The number of sulfonamides is 1. The highest BCUT2D eigenvalue weighted by Crippen LogP contribution is 2.24. The first-order chi connectivity index (χ1) is 21.8. The molecule has 0 aliphatic heterocycles. The highest BCUT2D eigenvalue weighted by molar-refractivity contribution is 7.89. The molecule has 0 radical (unpaired) electrons. The molecule has 0 bridgehead atoms. The van der Waals surface area contributed by atoms with E-state index >= 15 is 0 Å². The number of nitrogens with one attached hydrogen (secondary N) is 2. The number of benzene rings is 3. The van der Waals surface area contributed by atoms with Crippen LogP contribution in [0, 0.1) is 5.92 Å². The third-order valence-corrected chi connectivity index (χ3v) is 9.29. The van der Waals surface area contributed by atoms with Crippen LogP contribution in [0.1, 0.15) is 36.7 Å². The first-order valence-corrected chi connectivity index (χ1v) is 16.5. The second-order valence-electron chi connectivity index (χ2n) is 11.1. The molecule has 13 heteroatoms. The van der Waals surface area contributed by atoms with Gasteiger partial charge in [0.05, 0.1) is 41.4 Å². The molecule has 0 fully saturated rings. The van der Waals surface area contributed by atoms with Crippen molar-refractivity contribution in [1.82, 2.24) is 9.62 Å². The van der Waals surface area contributed by atoms with Crippen molar-refractivity contribution in [3.05, 3.63) is 88.9 Å². The van der Waals surface area contributed by atoms with Gasteiger partial charge in [0.25, 0.3) is 12.4 Å². The molecule has 3 aromatic rings. The summed E-state index contributed by atoms with van der Waals surface area (Å²) in [6.45, 7) is 4.84. The van der Waals surface area contributed by atoms with Crippen molar-refractivity contribution in [3.63, 3.8) is 0 Å². The van der Waals surface area contributed by atoms with E-state index in [4.69, 9.17) is 21.1 Å². The van der Waals surface area contributed by atoms with E-state index in [2.05, 4.69) is 10.6 Å². The largest absolute Gasteiger partial charge is 0.497 e. The van der Waals surface area contributed by atoms with Crippen molar-refractivity contribution in [3.8, 4) is 5.75 Å². The molecular formula is C33H40ClN3O8S. The molecule has 0 aromatic heterocycles. The van der Waals surface area contributed by atoms with Crippen LogP contribution >= 0.6 is 11.6 Å². The second-order valence-corrected chi connectivity index (χ2v) is 13.5. The monoisotopic (exact) mass is 673 g/mol. The van der Waals surface area contributed by atoms with Crippen LogP contribution in [0.4, 0.5) is 5.69 Å². The minimum Gasteiger partial charge on any atom is -0.497 e. The first-order valence-electron chi connectivity index (χ1n) is 14.7. The third-order valence-electron chi connectivity index (χ3n) is 7.11. The molecule has 0 unspecified atom stereocenters. The third kappa shape index (κ3) is 10.3. The number of hydrogen-bond acceptors (Lipinski definition) is 9. The zero-order valence-electron chi connectivity index (χ0n) is 26.2. The van der Waals surface area contributed by atoms with Crippen molar-refractivity contribution in [2.24, 2.45) is 5.92 Å². The Bertz CT molecular complexity index is 1570. The van der Waals surface area contributed by atoms with Crippen LogP contribution < -0.4 is 15.4 Å². The number of carbonyl (C=O) groups excluding carboxylic acids is 3. The Labute approximate surface area is 274 Å². The highest BCUT2D eigenvalue weighted by Gasteiger charge is 2.33. The fourth-order valence-corrected chi connectivity index (χ4v) is 6.50.